The maximum atomic E-state index is 13.0. The van der Waals surface area contributed by atoms with E-state index in [4.69, 9.17) is 30.7 Å². The second-order valence-corrected chi connectivity index (χ2v) is 10.2. The van der Waals surface area contributed by atoms with Crippen LogP contribution in [0.1, 0.15) is 52.0 Å². The molecular formula is C29H25ClF2N4O5. The Hall–Kier alpha value is -4.22. The number of nitrogens with one attached hydrogen (secondary N) is 1. The van der Waals surface area contributed by atoms with E-state index in [1.54, 1.807) is 30.3 Å². The Labute approximate surface area is 238 Å². The highest BCUT2D eigenvalue weighted by atomic mass is 35.5. The third-order valence-corrected chi connectivity index (χ3v) is 7.43. The quantitative estimate of drug-likeness (QED) is 0.224. The number of hydrogen-bond donors (Lipinski definition) is 2. The summed E-state index contributed by atoms with van der Waals surface area (Å²) in [6.07, 6.45) is 3.26. The first-order valence-corrected chi connectivity index (χ1v) is 13.4. The Bertz CT molecular complexity index is 1560. The summed E-state index contributed by atoms with van der Waals surface area (Å²) in [6, 6.07) is 15.1. The lowest BCUT2D eigenvalue weighted by atomic mass is 10.0. The number of aromatic nitrogens is 2. The van der Waals surface area contributed by atoms with E-state index in [-0.39, 0.29) is 29.9 Å². The summed E-state index contributed by atoms with van der Waals surface area (Å²) in [5.74, 6) is 1.09. The van der Waals surface area contributed by atoms with E-state index >= 15 is 0 Å². The van der Waals surface area contributed by atoms with Gasteiger partial charge in [-0.3, -0.25) is 5.32 Å². The van der Waals surface area contributed by atoms with E-state index in [2.05, 4.69) is 15.5 Å². The molecule has 0 radical (unpaired) electrons. The van der Waals surface area contributed by atoms with Crippen LogP contribution in [0.3, 0.4) is 0 Å². The minimum atomic E-state index is -2.97. The summed E-state index contributed by atoms with van der Waals surface area (Å²) in [5.41, 5.74) is 2.51. The Kier molecular flexibility index (Phi) is 7.46. The average Bonchev–Trinajstić information content (AvgIpc) is 3.53. The number of ether oxygens (including phenoxy) is 2. The van der Waals surface area contributed by atoms with Crippen molar-refractivity contribution in [3.63, 3.8) is 0 Å². The van der Waals surface area contributed by atoms with E-state index in [0.29, 0.717) is 52.4 Å². The van der Waals surface area contributed by atoms with Crippen molar-refractivity contribution in [2.45, 2.75) is 38.0 Å². The molecule has 2 aromatic heterocycles. The second kappa shape index (κ2) is 11.3. The number of benzene rings is 2. The van der Waals surface area contributed by atoms with Crippen LogP contribution in [0.5, 0.6) is 11.5 Å². The molecule has 6 rings (SSSR count). The lowest BCUT2D eigenvalue weighted by Crippen LogP contribution is -2.22. The molecule has 1 aliphatic carbocycles. The Morgan fingerprint density at radius 3 is 2.73 bits per heavy atom. The molecule has 1 unspecified atom stereocenters. The zero-order valence-corrected chi connectivity index (χ0v) is 22.4. The molecule has 0 bridgehead atoms. The molecule has 4 aromatic rings. The summed E-state index contributed by atoms with van der Waals surface area (Å²) in [7, 11) is 0. The van der Waals surface area contributed by atoms with Crippen LogP contribution in [-0.4, -0.2) is 41.0 Å². The molecule has 41 heavy (non-hydrogen) atoms. The standard InChI is InChI=1S/C29H25ClF2N4O5/c30-22-11-18(8-9-19(22)23-13-36(15-34-23)25-10-7-17(12-33-25)28(37)38)39-14-21-26(35-41-27(21)16-5-6-16)20-3-1-2-4-24(20)40-29(31)32/h1-4,7-12,16,23,29,34H,5-6,13-15H2,(H,37,38). The molecule has 2 aromatic carbocycles. The molecule has 0 amide bonds. The van der Waals surface area contributed by atoms with Gasteiger partial charge < -0.3 is 24.0 Å². The van der Waals surface area contributed by atoms with E-state index in [1.807, 2.05) is 17.0 Å². The average molecular weight is 583 g/mol. The van der Waals surface area contributed by atoms with Crippen LogP contribution in [0, 0.1) is 0 Å². The smallest absolute Gasteiger partial charge is 0.387 e. The number of anilines is 1. The van der Waals surface area contributed by atoms with Crippen molar-refractivity contribution < 1.29 is 32.7 Å². The van der Waals surface area contributed by atoms with Crippen LogP contribution >= 0.6 is 11.6 Å². The topological polar surface area (TPSA) is 110 Å². The van der Waals surface area contributed by atoms with Crippen molar-refractivity contribution in [1.82, 2.24) is 15.5 Å². The zero-order valence-electron chi connectivity index (χ0n) is 21.6. The Morgan fingerprint density at radius 1 is 1.20 bits per heavy atom. The zero-order chi connectivity index (χ0) is 28.5. The summed E-state index contributed by atoms with van der Waals surface area (Å²) < 4.78 is 42.5. The van der Waals surface area contributed by atoms with Gasteiger partial charge >= 0.3 is 12.6 Å². The molecule has 9 nitrogen and oxygen atoms in total. The first-order chi connectivity index (χ1) is 19.9. The van der Waals surface area contributed by atoms with Gasteiger partial charge in [0.1, 0.15) is 35.4 Å². The van der Waals surface area contributed by atoms with E-state index < -0.39 is 12.6 Å². The number of alkyl halides is 2. The van der Waals surface area contributed by atoms with E-state index in [0.717, 1.165) is 18.4 Å². The molecule has 1 saturated carbocycles. The van der Waals surface area contributed by atoms with Gasteiger partial charge in [0, 0.05) is 29.2 Å². The highest BCUT2D eigenvalue weighted by Crippen LogP contribution is 2.45. The molecule has 1 atom stereocenters. The minimum Gasteiger partial charge on any atom is -0.489 e. The number of pyridine rings is 1. The fourth-order valence-electron chi connectivity index (χ4n) is 4.89. The molecule has 12 heteroatoms. The van der Waals surface area contributed by atoms with Gasteiger partial charge in [-0.15, -0.1) is 0 Å². The summed E-state index contributed by atoms with van der Waals surface area (Å²) in [4.78, 5) is 17.4. The molecule has 2 N–H and O–H groups in total. The van der Waals surface area contributed by atoms with Crippen LogP contribution < -0.4 is 19.7 Å². The predicted octanol–water partition coefficient (Wildman–Crippen LogP) is 6.25. The normalized spacial score (nSPS) is 16.8. The van der Waals surface area contributed by atoms with Gasteiger partial charge in [0.2, 0.25) is 0 Å². The molecule has 1 aliphatic heterocycles. The van der Waals surface area contributed by atoms with Gasteiger partial charge in [0.05, 0.1) is 23.8 Å². The lowest BCUT2D eigenvalue weighted by Gasteiger charge is -2.17. The number of aromatic carboxylic acids is 1. The van der Waals surface area contributed by atoms with Crippen molar-refractivity contribution >= 4 is 23.4 Å². The minimum absolute atomic E-state index is 0.0120. The SMILES string of the molecule is O=C(O)c1ccc(N2CNC(c3ccc(OCc4c(-c5ccccc5OC(F)F)noc4C4CC4)cc3Cl)C2)nc1. The highest BCUT2D eigenvalue weighted by molar-refractivity contribution is 6.31. The number of carboxylic acids is 1. The van der Waals surface area contributed by atoms with Gasteiger partial charge in [-0.25, -0.2) is 9.78 Å². The fraction of sp³-hybridized carbons (Fsp3) is 0.276. The van der Waals surface area contributed by atoms with E-state index in [1.165, 1.54) is 18.3 Å². The van der Waals surface area contributed by atoms with Crippen molar-refractivity contribution in [3.8, 4) is 22.8 Å². The molecular weight excluding hydrogens is 558 g/mol. The molecule has 2 fully saturated rings. The number of hydrogen-bond acceptors (Lipinski definition) is 8. The first-order valence-electron chi connectivity index (χ1n) is 13.0. The monoisotopic (exact) mass is 582 g/mol. The van der Waals surface area contributed by atoms with Crippen molar-refractivity contribution in [3.05, 3.63) is 88.3 Å². The maximum absolute atomic E-state index is 13.0. The Balaban J connectivity index is 1.17. The molecule has 3 heterocycles. The van der Waals surface area contributed by atoms with Crippen molar-refractivity contribution in [1.29, 1.82) is 0 Å². The van der Waals surface area contributed by atoms with Crippen LogP contribution in [0.25, 0.3) is 11.3 Å². The first kappa shape index (κ1) is 27.0. The largest absolute Gasteiger partial charge is 0.489 e. The van der Waals surface area contributed by atoms with Gasteiger partial charge in [-0.1, -0.05) is 35.0 Å². The second-order valence-electron chi connectivity index (χ2n) is 9.84. The fourth-order valence-corrected chi connectivity index (χ4v) is 5.19. The van der Waals surface area contributed by atoms with Crippen LogP contribution in [-0.2, 0) is 6.61 Å². The number of carbonyl (C=O) groups is 1. The van der Waals surface area contributed by atoms with E-state index in [9.17, 15) is 13.6 Å². The van der Waals surface area contributed by atoms with Gasteiger partial charge in [0.15, 0.2) is 0 Å². The van der Waals surface area contributed by atoms with Crippen LogP contribution in [0.4, 0.5) is 14.6 Å². The third-order valence-electron chi connectivity index (χ3n) is 7.11. The lowest BCUT2D eigenvalue weighted by molar-refractivity contribution is -0.0494. The van der Waals surface area contributed by atoms with Gasteiger partial charge in [-0.2, -0.15) is 8.78 Å². The predicted molar refractivity (Wildman–Crippen MR) is 146 cm³/mol. The van der Waals surface area contributed by atoms with Crippen molar-refractivity contribution in [2.75, 3.05) is 18.1 Å². The maximum Gasteiger partial charge on any atom is 0.387 e. The molecule has 1 saturated heterocycles. The summed E-state index contributed by atoms with van der Waals surface area (Å²) in [6.45, 7) is -1.75. The van der Waals surface area contributed by atoms with Crippen LogP contribution in [0.15, 0.2) is 65.3 Å². The van der Waals surface area contributed by atoms with Crippen LogP contribution in [0.2, 0.25) is 5.02 Å². The van der Waals surface area contributed by atoms with Crippen molar-refractivity contribution in [2.24, 2.45) is 0 Å². The van der Waals surface area contributed by atoms with Gasteiger partial charge in [0.25, 0.3) is 0 Å². The number of rotatable bonds is 10. The number of para-hydroxylation sites is 1. The summed E-state index contributed by atoms with van der Waals surface area (Å²) in [5, 5.41) is 17.2. The number of halogens is 3. The highest BCUT2D eigenvalue weighted by Gasteiger charge is 2.34. The van der Waals surface area contributed by atoms with Gasteiger partial charge in [-0.05, 0) is 54.8 Å². The molecule has 0 spiro atoms. The molecule has 212 valence electrons. The molecule has 2 aliphatic rings. The number of carboxylic acid groups (broad SMARTS) is 1. The summed E-state index contributed by atoms with van der Waals surface area (Å²) >= 11 is 6.67. The number of nitrogens with zero attached hydrogens (tertiary/aromatic N) is 3. The third kappa shape index (κ3) is 5.82. The Morgan fingerprint density at radius 2 is 2.02 bits per heavy atom.